The zero-order chi connectivity index (χ0) is 33.7. The van der Waals surface area contributed by atoms with Crippen molar-refractivity contribution < 1.29 is 32.2 Å². The van der Waals surface area contributed by atoms with Gasteiger partial charge in [-0.3, -0.25) is 0 Å². The molecule has 0 unspecified atom stereocenters. The van der Waals surface area contributed by atoms with E-state index in [0.29, 0.717) is 24.2 Å². The predicted molar refractivity (Wildman–Crippen MR) is 179 cm³/mol. The van der Waals surface area contributed by atoms with Crippen LogP contribution in [0.3, 0.4) is 0 Å². The Bertz CT molecular complexity index is 1930. The SMILES string of the molecule is CCOC(=O)/C=C/c1cccc(Cc2cc(N)n(-c3cc(Oc4c(F)cc5c(ccn5COCC[Si](C)(C)C)c4F)ccc3F)n2)c1. The van der Waals surface area contributed by atoms with Gasteiger partial charge in [0.25, 0.3) is 0 Å². The third-order valence-corrected chi connectivity index (χ3v) is 9.04. The molecule has 0 atom stereocenters. The molecular weight excluding hydrogens is 625 g/mol. The summed E-state index contributed by atoms with van der Waals surface area (Å²) >= 11 is 0. The maximum atomic E-state index is 15.5. The van der Waals surface area contributed by atoms with Crippen molar-refractivity contribution in [2.24, 2.45) is 0 Å². The van der Waals surface area contributed by atoms with Gasteiger partial charge in [-0.25, -0.2) is 22.6 Å². The van der Waals surface area contributed by atoms with Gasteiger partial charge in [0, 0.05) is 57.0 Å². The number of ether oxygens (including phenoxy) is 3. The Kier molecular flexibility index (Phi) is 10.2. The molecule has 0 amide bonds. The monoisotopic (exact) mass is 662 g/mol. The fourth-order valence-corrected chi connectivity index (χ4v) is 5.68. The molecule has 246 valence electrons. The largest absolute Gasteiger partial charge is 0.463 e. The lowest BCUT2D eigenvalue weighted by molar-refractivity contribution is -0.137. The first-order valence-corrected chi connectivity index (χ1v) is 18.9. The number of fused-ring (bicyclic) bond motifs is 1. The third kappa shape index (κ3) is 8.32. The highest BCUT2D eigenvalue weighted by Gasteiger charge is 2.20. The maximum Gasteiger partial charge on any atom is 0.330 e. The third-order valence-electron chi connectivity index (χ3n) is 7.34. The summed E-state index contributed by atoms with van der Waals surface area (Å²) in [6.07, 6.45) is 5.01. The quantitative estimate of drug-likeness (QED) is 0.0593. The summed E-state index contributed by atoms with van der Waals surface area (Å²) < 4.78 is 65.0. The van der Waals surface area contributed by atoms with Crippen LogP contribution in [0.4, 0.5) is 19.0 Å². The summed E-state index contributed by atoms with van der Waals surface area (Å²) in [7, 11) is -1.27. The first-order chi connectivity index (χ1) is 22.4. The van der Waals surface area contributed by atoms with Crippen molar-refractivity contribution in [3.05, 3.63) is 107 Å². The molecule has 0 aliphatic heterocycles. The van der Waals surface area contributed by atoms with Gasteiger partial charge in [-0.05, 0) is 48.4 Å². The number of nitrogens with two attached hydrogens (primary N) is 1. The van der Waals surface area contributed by atoms with Gasteiger partial charge in [0.05, 0.1) is 17.8 Å². The number of hydrogen-bond donors (Lipinski definition) is 1. The Morgan fingerprint density at radius 3 is 2.60 bits per heavy atom. The van der Waals surface area contributed by atoms with E-state index in [1.54, 1.807) is 29.8 Å². The molecule has 0 bridgehead atoms. The van der Waals surface area contributed by atoms with Gasteiger partial charge in [-0.15, -0.1) is 0 Å². The lowest BCUT2D eigenvalue weighted by Crippen LogP contribution is -2.21. The highest BCUT2D eigenvalue weighted by atomic mass is 28.3. The van der Waals surface area contributed by atoms with E-state index < -0.39 is 37.2 Å². The number of anilines is 1. The van der Waals surface area contributed by atoms with Crippen molar-refractivity contribution in [1.82, 2.24) is 14.3 Å². The minimum atomic E-state index is -1.27. The van der Waals surface area contributed by atoms with Crippen molar-refractivity contribution in [3.8, 4) is 17.2 Å². The maximum absolute atomic E-state index is 15.5. The number of halogens is 3. The van der Waals surface area contributed by atoms with E-state index in [0.717, 1.165) is 23.2 Å². The van der Waals surface area contributed by atoms with Gasteiger partial charge in [0.15, 0.2) is 17.4 Å². The molecule has 47 heavy (non-hydrogen) atoms. The summed E-state index contributed by atoms with van der Waals surface area (Å²) in [5.74, 6) is -3.36. The molecule has 0 saturated carbocycles. The molecule has 2 aromatic heterocycles. The van der Waals surface area contributed by atoms with Crippen LogP contribution in [0.25, 0.3) is 22.7 Å². The van der Waals surface area contributed by atoms with E-state index in [2.05, 4.69) is 24.7 Å². The average molecular weight is 663 g/mol. The second kappa shape index (κ2) is 14.3. The predicted octanol–water partition coefficient (Wildman–Crippen LogP) is 8.10. The van der Waals surface area contributed by atoms with Crippen LogP contribution in [0.5, 0.6) is 11.5 Å². The molecule has 0 aliphatic rings. The van der Waals surface area contributed by atoms with E-state index in [1.165, 1.54) is 35.0 Å². The number of benzene rings is 3. The summed E-state index contributed by atoms with van der Waals surface area (Å²) in [6, 6.07) is 16.5. The number of aromatic nitrogens is 3. The topological polar surface area (TPSA) is 93.5 Å². The zero-order valence-electron chi connectivity index (χ0n) is 26.7. The van der Waals surface area contributed by atoms with E-state index in [-0.39, 0.29) is 36.0 Å². The molecule has 8 nitrogen and oxygen atoms in total. The molecule has 0 saturated heterocycles. The van der Waals surface area contributed by atoms with Crippen molar-refractivity contribution in [1.29, 1.82) is 0 Å². The molecule has 0 fully saturated rings. The molecular formula is C35H37F3N4O4Si. The molecule has 2 N–H and O–H groups in total. The van der Waals surface area contributed by atoms with Crippen molar-refractivity contribution in [3.63, 3.8) is 0 Å². The molecule has 5 aromatic rings. The normalized spacial score (nSPS) is 11.9. The minimum Gasteiger partial charge on any atom is -0.463 e. The lowest BCUT2D eigenvalue weighted by Gasteiger charge is -2.16. The number of nitrogen functional groups attached to an aromatic ring is 1. The van der Waals surface area contributed by atoms with Crippen molar-refractivity contribution >= 4 is 36.8 Å². The lowest BCUT2D eigenvalue weighted by atomic mass is 10.1. The molecule has 0 aliphatic carbocycles. The second-order valence-corrected chi connectivity index (χ2v) is 17.9. The van der Waals surface area contributed by atoms with Crippen LogP contribution in [0.15, 0.2) is 72.9 Å². The van der Waals surface area contributed by atoms with Crippen LogP contribution in [0.2, 0.25) is 25.7 Å². The first-order valence-electron chi connectivity index (χ1n) is 15.2. The molecule has 0 spiro atoms. The molecule has 5 rings (SSSR count). The fraction of sp³-hybridized carbons (Fsp3) is 0.257. The second-order valence-electron chi connectivity index (χ2n) is 12.3. The van der Waals surface area contributed by atoms with Crippen molar-refractivity contribution in [2.45, 2.75) is 45.8 Å². The van der Waals surface area contributed by atoms with Gasteiger partial charge < -0.3 is 24.5 Å². The van der Waals surface area contributed by atoms with Crippen LogP contribution in [-0.4, -0.2) is 41.6 Å². The smallest absolute Gasteiger partial charge is 0.330 e. The van der Waals surface area contributed by atoms with Crippen LogP contribution in [0, 0.1) is 17.5 Å². The van der Waals surface area contributed by atoms with Crippen molar-refractivity contribution in [2.75, 3.05) is 18.9 Å². The number of hydrogen-bond acceptors (Lipinski definition) is 6. The molecule has 0 radical (unpaired) electrons. The first kappa shape index (κ1) is 33.5. The zero-order valence-corrected chi connectivity index (χ0v) is 27.7. The van der Waals surface area contributed by atoms with Gasteiger partial charge in [-0.1, -0.05) is 43.9 Å². The van der Waals surface area contributed by atoms with Crippen LogP contribution in [-0.2, 0) is 27.4 Å². The summed E-state index contributed by atoms with van der Waals surface area (Å²) in [5.41, 5.74) is 8.72. The number of nitrogens with zero attached hydrogens (tertiary/aromatic N) is 3. The van der Waals surface area contributed by atoms with Gasteiger partial charge in [-0.2, -0.15) is 5.10 Å². The molecule has 12 heteroatoms. The Labute approximate surface area is 272 Å². The number of carbonyl (C=O) groups is 1. The molecule has 3 aromatic carbocycles. The van der Waals surface area contributed by atoms with E-state index in [4.69, 9.17) is 19.9 Å². The fourth-order valence-electron chi connectivity index (χ4n) is 4.92. The summed E-state index contributed by atoms with van der Waals surface area (Å²) in [6.45, 7) is 9.50. The summed E-state index contributed by atoms with van der Waals surface area (Å²) in [5, 5.41) is 4.64. The summed E-state index contributed by atoms with van der Waals surface area (Å²) in [4.78, 5) is 11.7. The number of rotatable bonds is 13. The number of esters is 1. The van der Waals surface area contributed by atoms with Gasteiger partial charge >= 0.3 is 5.97 Å². The van der Waals surface area contributed by atoms with E-state index >= 15 is 13.2 Å². The van der Waals surface area contributed by atoms with Gasteiger partial charge in [0.1, 0.15) is 29.8 Å². The Hall–Kier alpha value is -4.81. The van der Waals surface area contributed by atoms with E-state index in [1.807, 2.05) is 24.3 Å². The Morgan fingerprint density at radius 1 is 1.02 bits per heavy atom. The van der Waals surface area contributed by atoms with Crippen LogP contribution in [0.1, 0.15) is 23.7 Å². The Morgan fingerprint density at radius 2 is 1.83 bits per heavy atom. The van der Waals surface area contributed by atoms with Crippen LogP contribution < -0.4 is 10.5 Å². The number of carbonyl (C=O) groups excluding carboxylic acids is 1. The standard InChI is InChI=1S/C35H37F3N4O4Si/c1-5-45-33(43)12-9-23-7-6-8-24(17-23)18-25-19-32(39)42(40-25)31-20-26(10-11-28(31)36)46-35-29(37)21-30-27(34(35)38)13-14-41(30)22-44-15-16-47(2,3)4/h6-14,17,19-21H,5,15-16,18,22,39H2,1-4H3/b12-9+. The van der Waals surface area contributed by atoms with Gasteiger partial charge in [0.2, 0.25) is 0 Å². The Balaban J connectivity index is 1.34. The highest BCUT2D eigenvalue weighted by molar-refractivity contribution is 6.76. The van der Waals surface area contributed by atoms with E-state index in [9.17, 15) is 4.79 Å². The average Bonchev–Trinajstić information content (AvgIpc) is 3.59. The highest BCUT2D eigenvalue weighted by Crippen LogP contribution is 2.35. The minimum absolute atomic E-state index is 0.00907. The van der Waals surface area contributed by atoms with Crippen LogP contribution >= 0.6 is 0 Å². The molecule has 2 heterocycles.